The van der Waals surface area contributed by atoms with Crippen molar-refractivity contribution >= 4 is 46.0 Å². The van der Waals surface area contributed by atoms with Crippen LogP contribution >= 0.6 is 24.0 Å². The minimum absolute atomic E-state index is 0.0666. The number of carbonyl (C=O) groups excluding carboxylic acids is 1. The second-order valence-electron chi connectivity index (χ2n) is 5.57. The van der Waals surface area contributed by atoms with Crippen molar-refractivity contribution in [3.05, 3.63) is 64.8 Å². The van der Waals surface area contributed by atoms with Crippen molar-refractivity contribution in [3.8, 4) is 0 Å². The minimum atomic E-state index is -0.0666. The van der Waals surface area contributed by atoms with Crippen LogP contribution in [0.1, 0.15) is 30.9 Å². The van der Waals surface area contributed by atoms with Gasteiger partial charge in [-0.3, -0.25) is 14.7 Å². The molecule has 2 heterocycles. The highest BCUT2D eigenvalue weighted by Crippen LogP contribution is 2.36. The molecule has 0 saturated carbocycles. The van der Waals surface area contributed by atoms with E-state index in [-0.39, 0.29) is 5.91 Å². The third-order valence-electron chi connectivity index (χ3n) is 3.81. The van der Waals surface area contributed by atoms with Gasteiger partial charge in [0.2, 0.25) is 0 Å². The van der Waals surface area contributed by atoms with Crippen LogP contribution in [0.4, 0.5) is 5.69 Å². The molecule has 0 spiro atoms. The standard InChI is InChI=1S/C19H18N2OS2/c1-2-3-4-14-5-7-16(8-6-14)21-18(22)17(24-19(21)23)13-15-9-11-20-12-10-15/h5-13H,2-4H2,1H3/b17-13-. The Balaban J connectivity index is 1.80. The summed E-state index contributed by atoms with van der Waals surface area (Å²) in [7, 11) is 0. The summed E-state index contributed by atoms with van der Waals surface area (Å²) in [4.78, 5) is 18.9. The van der Waals surface area contributed by atoms with Crippen molar-refractivity contribution in [2.45, 2.75) is 26.2 Å². The number of aromatic nitrogens is 1. The first-order valence-electron chi connectivity index (χ1n) is 7.96. The summed E-state index contributed by atoms with van der Waals surface area (Å²) in [5.41, 5.74) is 3.06. The van der Waals surface area contributed by atoms with Gasteiger partial charge in [0, 0.05) is 12.4 Å². The molecule has 1 amide bonds. The van der Waals surface area contributed by atoms with Crippen molar-refractivity contribution in [1.82, 2.24) is 4.98 Å². The van der Waals surface area contributed by atoms with Gasteiger partial charge in [-0.2, -0.15) is 0 Å². The van der Waals surface area contributed by atoms with Gasteiger partial charge in [-0.15, -0.1) is 0 Å². The maximum atomic E-state index is 12.7. The number of aryl methyl sites for hydroxylation is 1. The van der Waals surface area contributed by atoms with Crippen molar-refractivity contribution in [1.29, 1.82) is 0 Å². The number of hydrogen-bond donors (Lipinski definition) is 0. The molecule has 0 N–H and O–H groups in total. The highest BCUT2D eigenvalue weighted by molar-refractivity contribution is 8.27. The summed E-state index contributed by atoms with van der Waals surface area (Å²) >= 11 is 6.75. The SMILES string of the molecule is CCCCc1ccc(N2C(=O)/C(=C/c3ccncc3)SC2=S)cc1. The van der Waals surface area contributed by atoms with Gasteiger partial charge in [-0.1, -0.05) is 49.5 Å². The number of pyridine rings is 1. The van der Waals surface area contributed by atoms with Gasteiger partial charge in [-0.25, -0.2) is 0 Å². The molecule has 1 fully saturated rings. The molecular formula is C19H18N2OS2. The van der Waals surface area contributed by atoms with E-state index in [1.165, 1.54) is 30.2 Å². The molecule has 3 rings (SSSR count). The van der Waals surface area contributed by atoms with E-state index in [2.05, 4.69) is 24.0 Å². The molecular weight excluding hydrogens is 336 g/mol. The van der Waals surface area contributed by atoms with Gasteiger partial charge in [0.1, 0.15) is 0 Å². The fraction of sp³-hybridized carbons (Fsp3) is 0.211. The van der Waals surface area contributed by atoms with E-state index < -0.39 is 0 Å². The van der Waals surface area contributed by atoms with Crippen molar-refractivity contribution in [2.75, 3.05) is 4.90 Å². The third-order valence-corrected chi connectivity index (χ3v) is 5.11. The number of unbranched alkanes of at least 4 members (excludes halogenated alkanes) is 1. The number of rotatable bonds is 5. The number of anilines is 1. The van der Waals surface area contributed by atoms with Crippen LogP contribution in [0.2, 0.25) is 0 Å². The number of carbonyl (C=O) groups is 1. The van der Waals surface area contributed by atoms with E-state index in [4.69, 9.17) is 12.2 Å². The van der Waals surface area contributed by atoms with Gasteiger partial charge in [-0.05, 0) is 54.3 Å². The Labute approximate surface area is 151 Å². The molecule has 0 radical (unpaired) electrons. The summed E-state index contributed by atoms with van der Waals surface area (Å²) in [5.74, 6) is -0.0666. The van der Waals surface area contributed by atoms with Gasteiger partial charge in [0.05, 0.1) is 10.6 Å². The van der Waals surface area contributed by atoms with Crippen LogP contribution in [0, 0.1) is 0 Å². The minimum Gasteiger partial charge on any atom is -0.268 e. The van der Waals surface area contributed by atoms with Crippen LogP contribution in [-0.4, -0.2) is 15.2 Å². The second-order valence-corrected chi connectivity index (χ2v) is 7.24. The number of amides is 1. The molecule has 1 aliphatic heterocycles. The first kappa shape index (κ1) is 16.9. The Morgan fingerprint density at radius 2 is 1.88 bits per heavy atom. The monoisotopic (exact) mass is 354 g/mol. The first-order valence-corrected chi connectivity index (χ1v) is 9.18. The quantitative estimate of drug-likeness (QED) is 0.569. The average molecular weight is 355 g/mol. The second kappa shape index (κ2) is 7.73. The average Bonchev–Trinajstić information content (AvgIpc) is 2.88. The normalized spacial score (nSPS) is 16.2. The van der Waals surface area contributed by atoms with Crippen LogP contribution in [-0.2, 0) is 11.2 Å². The molecule has 0 bridgehead atoms. The van der Waals surface area contributed by atoms with Gasteiger partial charge in [0.15, 0.2) is 4.32 Å². The Morgan fingerprint density at radius 1 is 1.17 bits per heavy atom. The Kier molecular flexibility index (Phi) is 5.43. The number of nitrogens with zero attached hydrogens (tertiary/aromatic N) is 2. The number of thioether (sulfide) groups is 1. The van der Waals surface area contributed by atoms with Gasteiger partial charge < -0.3 is 0 Å². The summed E-state index contributed by atoms with van der Waals surface area (Å²) in [6.45, 7) is 2.18. The van der Waals surface area contributed by atoms with Crippen LogP contribution in [0.15, 0.2) is 53.7 Å². The molecule has 24 heavy (non-hydrogen) atoms. The lowest BCUT2D eigenvalue weighted by Gasteiger charge is -2.15. The molecule has 2 aromatic rings. The molecule has 122 valence electrons. The Bertz CT molecular complexity index is 770. The maximum absolute atomic E-state index is 12.7. The smallest absolute Gasteiger partial charge is 0.268 e. The molecule has 5 heteroatoms. The van der Waals surface area contributed by atoms with E-state index >= 15 is 0 Å². The predicted molar refractivity (Wildman–Crippen MR) is 105 cm³/mol. The molecule has 1 saturated heterocycles. The summed E-state index contributed by atoms with van der Waals surface area (Å²) in [6, 6.07) is 11.9. The molecule has 0 aliphatic carbocycles. The topological polar surface area (TPSA) is 33.2 Å². The molecule has 0 atom stereocenters. The van der Waals surface area contributed by atoms with E-state index in [1.807, 2.05) is 30.3 Å². The lowest BCUT2D eigenvalue weighted by Crippen LogP contribution is -2.27. The lowest BCUT2D eigenvalue weighted by atomic mass is 10.1. The van der Waals surface area contributed by atoms with Crippen molar-refractivity contribution < 1.29 is 4.79 Å². The summed E-state index contributed by atoms with van der Waals surface area (Å²) in [6.07, 6.45) is 8.70. The summed E-state index contributed by atoms with van der Waals surface area (Å²) in [5, 5.41) is 0. The Morgan fingerprint density at radius 3 is 2.54 bits per heavy atom. The summed E-state index contributed by atoms with van der Waals surface area (Å²) < 4.78 is 0.571. The van der Waals surface area contributed by atoms with E-state index in [0.29, 0.717) is 9.23 Å². The van der Waals surface area contributed by atoms with Crippen LogP contribution in [0.5, 0.6) is 0 Å². The predicted octanol–water partition coefficient (Wildman–Crippen LogP) is 4.83. The number of benzene rings is 1. The van der Waals surface area contributed by atoms with E-state index in [1.54, 1.807) is 17.3 Å². The van der Waals surface area contributed by atoms with Crippen LogP contribution in [0.25, 0.3) is 6.08 Å². The third kappa shape index (κ3) is 3.74. The molecule has 1 aromatic carbocycles. The molecule has 3 nitrogen and oxygen atoms in total. The maximum Gasteiger partial charge on any atom is 0.270 e. The highest BCUT2D eigenvalue weighted by Gasteiger charge is 2.33. The number of thiocarbonyl (C=S) groups is 1. The zero-order chi connectivity index (χ0) is 16.9. The van der Waals surface area contributed by atoms with E-state index in [0.717, 1.165) is 17.7 Å². The number of hydrogen-bond acceptors (Lipinski definition) is 4. The molecule has 1 aromatic heterocycles. The molecule has 0 unspecified atom stereocenters. The van der Waals surface area contributed by atoms with Gasteiger partial charge >= 0.3 is 0 Å². The Hall–Kier alpha value is -1.98. The highest BCUT2D eigenvalue weighted by atomic mass is 32.2. The zero-order valence-electron chi connectivity index (χ0n) is 13.4. The van der Waals surface area contributed by atoms with E-state index in [9.17, 15) is 4.79 Å². The fourth-order valence-electron chi connectivity index (χ4n) is 2.49. The van der Waals surface area contributed by atoms with Crippen LogP contribution in [0.3, 0.4) is 0 Å². The largest absolute Gasteiger partial charge is 0.270 e. The fourth-order valence-corrected chi connectivity index (χ4v) is 3.79. The van der Waals surface area contributed by atoms with Crippen molar-refractivity contribution in [3.63, 3.8) is 0 Å². The van der Waals surface area contributed by atoms with Crippen LogP contribution < -0.4 is 4.90 Å². The lowest BCUT2D eigenvalue weighted by molar-refractivity contribution is -0.113. The first-order chi connectivity index (χ1) is 11.7. The van der Waals surface area contributed by atoms with Crippen molar-refractivity contribution in [2.24, 2.45) is 0 Å². The molecule has 1 aliphatic rings. The zero-order valence-corrected chi connectivity index (χ0v) is 15.1. The van der Waals surface area contributed by atoms with Gasteiger partial charge in [0.25, 0.3) is 5.91 Å².